The number of carbonyl (C=O) groups is 1. The molecule has 3 N–H and O–H groups in total. The van der Waals surface area contributed by atoms with Gasteiger partial charge >= 0.3 is 0 Å². The minimum atomic E-state index is -0.383. The zero-order chi connectivity index (χ0) is 12.0. The third-order valence-electron chi connectivity index (χ3n) is 3.63. The van der Waals surface area contributed by atoms with Crippen molar-refractivity contribution in [3.05, 3.63) is 0 Å². The van der Waals surface area contributed by atoms with Crippen molar-refractivity contribution in [3.8, 4) is 0 Å². The maximum Gasteiger partial charge on any atom is 0.225 e. The highest BCUT2D eigenvalue weighted by Gasteiger charge is 2.37. The fourth-order valence-electron chi connectivity index (χ4n) is 1.97. The molecule has 1 rings (SSSR count). The molecule has 94 valence electrons. The van der Waals surface area contributed by atoms with E-state index in [1.807, 2.05) is 0 Å². The van der Waals surface area contributed by atoms with Gasteiger partial charge < -0.3 is 15.8 Å². The SMILES string of the molecule is CCC(C)CNCC1(C(N)=O)CCOCC1. The molecule has 1 amide bonds. The summed E-state index contributed by atoms with van der Waals surface area (Å²) in [4.78, 5) is 11.5. The van der Waals surface area contributed by atoms with E-state index in [-0.39, 0.29) is 11.3 Å². The average Bonchev–Trinajstić information content (AvgIpc) is 2.30. The van der Waals surface area contributed by atoms with E-state index in [0.717, 1.165) is 25.8 Å². The summed E-state index contributed by atoms with van der Waals surface area (Å²) in [6.45, 7) is 7.31. The van der Waals surface area contributed by atoms with Crippen LogP contribution in [-0.4, -0.2) is 32.2 Å². The van der Waals surface area contributed by atoms with Crippen molar-refractivity contribution in [2.75, 3.05) is 26.3 Å². The average molecular weight is 228 g/mol. The van der Waals surface area contributed by atoms with E-state index in [1.165, 1.54) is 0 Å². The molecule has 0 aliphatic carbocycles. The Hall–Kier alpha value is -0.610. The fraction of sp³-hybridized carbons (Fsp3) is 0.917. The fourth-order valence-corrected chi connectivity index (χ4v) is 1.97. The second-order valence-corrected chi connectivity index (χ2v) is 4.90. The highest BCUT2D eigenvalue weighted by atomic mass is 16.5. The molecule has 4 nitrogen and oxygen atoms in total. The summed E-state index contributed by atoms with van der Waals surface area (Å²) in [6.07, 6.45) is 2.64. The summed E-state index contributed by atoms with van der Waals surface area (Å²) in [5, 5.41) is 3.37. The number of hydrogen-bond donors (Lipinski definition) is 2. The number of carbonyl (C=O) groups excluding carboxylic acids is 1. The van der Waals surface area contributed by atoms with Crippen molar-refractivity contribution in [3.63, 3.8) is 0 Å². The lowest BCUT2D eigenvalue weighted by Crippen LogP contribution is -2.49. The molecule has 1 saturated heterocycles. The summed E-state index contributed by atoms with van der Waals surface area (Å²) in [7, 11) is 0. The van der Waals surface area contributed by atoms with Crippen LogP contribution in [0.5, 0.6) is 0 Å². The summed E-state index contributed by atoms with van der Waals surface area (Å²) in [6, 6.07) is 0. The van der Waals surface area contributed by atoms with Crippen LogP contribution in [0.4, 0.5) is 0 Å². The number of primary amides is 1. The zero-order valence-electron chi connectivity index (χ0n) is 10.4. The van der Waals surface area contributed by atoms with E-state index in [1.54, 1.807) is 0 Å². The Morgan fingerprint density at radius 3 is 2.62 bits per heavy atom. The van der Waals surface area contributed by atoms with Gasteiger partial charge in [-0.15, -0.1) is 0 Å². The van der Waals surface area contributed by atoms with E-state index in [9.17, 15) is 4.79 Å². The van der Waals surface area contributed by atoms with Gasteiger partial charge in [0.1, 0.15) is 0 Å². The Labute approximate surface area is 97.9 Å². The predicted molar refractivity (Wildman–Crippen MR) is 64.0 cm³/mol. The van der Waals surface area contributed by atoms with Crippen LogP contribution in [0, 0.1) is 11.3 Å². The van der Waals surface area contributed by atoms with Crippen molar-refractivity contribution in [2.24, 2.45) is 17.1 Å². The molecule has 0 aromatic rings. The Morgan fingerprint density at radius 1 is 1.50 bits per heavy atom. The molecule has 0 aromatic heterocycles. The molecule has 1 fully saturated rings. The third-order valence-corrected chi connectivity index (χ3v) is 3.63. The molecule has 0 radical (unpaired) electrons. The highest BCUT2D eigenvalue weighted by molar-refractivity contribution is 5.81. The minimum absolute atomic E-state index is 0.188. The Kier molecular flexibility index (Phi) is 5.22. The van der Waals surface area contributed by atoms with Crippen LogP contribution in [-0.2, 0) is 9.53 Å². The highest BCUT2D eigenvalue weighted by Crippen LogP contribution is 2.29. The topological polar surface area (TPSA) is 64.3 Å². The van der Waals surface area contributed by atoms with E-state index in [2.05, 4.69) is 19.2 Å². The number of nitrogens with two attached hydrogens (primary N) is 1. The number of rotatable bonds is 6. The van der Waals surface area contributed by atoms with Crippen LogP contribution in [0.3, 0.4) is 0 Å². The number of ether oxygens (including phenoxy) is 1. The molecule has 0 spiro atoms. The molecule has 4 heteroatoms. The minimum Gasteiger partial charge on any atom is -0.381 e. The summed E-state index contributed by atoms with van der Waals surface area (Å²) < 4.78 is 5.29. The van der Waals surface area contributed by atoms with Gasteiger partial charge in [0.15, 0.2) is 0 Å². The Bertz CT molecular complexity index is 225. The summed E-state index contributed by atoms with van der Waals surface area (Å²) >= 11 is 0. The third kappa shape index (κ3) is 3.46. The maximum absolute atomic E-state index is 11.5. The standard InChI is InChI=1S/C12H24N2O2/c1-3-10(2)8-14-9-12(11(13)15)4-6-16-7-5-12/h10,14H,3-9H2,1-2H3,(H2,13,15). The van der Waals surface area contributed by atoms with Crippen molar-refractivity contribution < 1.29 is 9.53 Å². The van der Waals surface area contributed by atoms with Gasteiger partial charge in [-0.05, 0) is 25.3 Å². The Morgan fingerprint density at radius 2 is 2.12 bits per heavy atom. The van der Waals surface area contributed by atoms with Crippen LogP contribution in [0.25, 0.3) is 0 Å². The lowest BCUT2D eigenvalue weighted by molar-refractivity contribution is -0.132. The summed E-state index contributed by atoms with van der Waals surface area (Å²) in [5.41, 5.74) is 5.13. The lowest BCUT2D eigenvalue weighted by atomic mass is 9.79. The monoisotopic (exact) mass is 228 g/mol. The number of hydrogen-bond acceptors (Lipinski definition) is 3. The van der Waals surface area contributed by atoms with Crippen LogP contribution in [0.15, 0.2) is 0 Å². The van der Waals surface area contributed by atoms with Gasteiger partial charge in [0.2, 0.25) is 5.91 Å². The van der Waals surface area contributed by atoms with Crippen molar-refractivity contribution in [2.45, 2.75) is 33.1 Å². The first-order valence-electron chi connectivity index (χ1n) is 6.19. The van der Waals surface area contributed by atoms with Gasteiger partial charge in [0.25, 0.3) is 0 Å². The smallest absolute Gasteiger partial charge is 0.225 e. The normalized spacial score (nSPS) is 21.6. The van der Waals surface area contributed by atoms with Gasteiger partial charge in [-0.2, -0.15) is 0 Å². The van der Waals surface area contributed by atoms with E-state index in [0.29, 0.717) is 25.7 Å². The van der Waals surface area contributed by atoms with Gasteiger partial charge in [0.05, 0.1) is 5.41 Å². The van der Waals surface area contributed by atoms with Crippen LogP contribution < -0.4 is 11.1 Å². The van der Waals surface area contributed by atoms with Crippen molar-refractivity contribution >= 4 is 5.91 Å². The van der Waals surface area contributed by atoms with Crippen molar-refractivity contribution in [1.29, 1.82) is 0 Å². The van der Waals surface area contributed by atoms with Crippen LogP contribution >= 0.6 is 0 Å². The molecular formula is C12H24N2O2. The summed E-state index contributed by atoms with van der Waals surface area (Å²) in [5.74, 6) is 0.456. The molecular weight excluding hydrogens is 204 g/mol. The van der Waals surface area contributed by atoms with Crippen molar-refractivity contribution in [1.82, 2.24) is 5.32 Å². The van der Waals surface area contributed by atoms with Gasteiger partial charge in [-0.25, -0.2) is 0 Å². The molecule has 1 aliphatic heterocycles. The first kappa shape index (κ1) is 13.5. The second-order valence-electron chi connectivity index (χ2n) is 4.90. The molecule has 1 heterocycles. The van der Waals surface area contributed by atoms with E-state index >= 15 is 0 Å². The molecule has 1 unspecified atom stereocenters. The number of nitrogens with one attached hydrogen (secondary N) is 1. The first-order valence-corrected chi connectivity index (χ1v) is 6.19. The van der Waals surface area contributed by atoms with Gasteiger partial charge in [0, 0.05) is 19.8 Å². The van der Waals surface area contributed by atoms with E-state index < -0.39 is 0 Å². The second kappa shape index (κ2) is 6.21. The molecule has 1 aliphatic rings. The zero-order valence-corrected chi connectivity index (χ0v) is 10.4. The molecule has 0 saturated carbocycles. The Balaban J connectivity index is 2.42. The van der Waals surface area contributed by atoms with Gasteiger partial charge in [-0.3, -0.25) is 4.79 Å². The lowest BCUT2D eigenvalue weighted by Gasteiger charge is -2.34. The van der Waals surface area contributed by atoms with Crippen LogP contribution in [0.2, 0.25) is 0 Å². The van der Waals surface area contributed by atoms with Gasteiger partial charge in [-0.1, -0.05) is 20.3 Å². The van der Waals surface area contributed by atoms with E-state index in [4.69, 9.17) is 10.5 Å². The maximum atomic E-state index is 11.5. The largest absolute Gasteiger partial charge is 0.381 e. The molecule has 0 bridgehead atoms. The molecule has 0 aromatic carbocycles. The number of amides is 1. The van der Waals surface area contributed by atoms with Crippen LogP contribution in [0.1, 0.15) is 33.1 Å². The molecule has 1 atom stereocenters. The predicted octanol–water partition coefficient (Wildman–Crippen LogP) is 0.904. The quantitative estimate of drug-likeness (QED) is 0.710. The first-order chi connectivity index (χ1) is 7.60. The molecule has 16 heavy (non-hydrogen) atoms.